The number of amides is 1. The summed E-state index contributed by atoms with van der Waals surface area (Å²) in [5.74, 6) is -0.832. The van der Waals surface area contributed by atoms with E-state index in [1.807, 2.05) is 18.9 Å². The molecule has 0 aliphatic carbocycles. The van der Waals surface area contributed by atoms with Gasteiger partial charge in [0, 0.05) is 17.5 Å². The predicted octanol–water partition coefficient (Wildman–Crippen LogP) is 1.82. The van der Waals surface area contributed by atoms with Crippen LogP contribution in [0.5, 0.6) is 0 Å². The zero-order chi connectivity index (χ0) is 18.4. The molecule has 1 saturated heterocycles. The van der Waals surface area contributed by atoms with Gasteiger partial charge in [0.05, 0.1) is 18.8 Å². The van der Waals surface area contributed by atoms with Gasteiger partial charge in [0.1, 0.15) is 0 Å². The molecule has 1 unspecified atom stereocenters. The summed E-state index contributed by atoms with van der Waals surface area (Å²) in [5.41, 5.74) is 1.04. The van der Waals surface area contributed by atoms with Crippen LogP contribution in [0.25, 0.3) is 0 Å². The Morgan fingerprint density at radius 1 is 1.40 bits per heavy atom. The van der Waals surface area contributed by atoms with E-state index >= 15 is 0 Å². The standard InChI is InChI=1S/C17H28N4O3S/c1-4-14-12(2)25-17(18-14)19-15(22)10-21-8-5-6-13(7-9-21)20(3)11-16(23)24/h13H,4-11H2,1-3H3,(H,23,24)(H,18,19,22). The molecular weight excluding hydrogens is 340 g/mol. The first-order valence-corrected chi connectivity index (χ1v) is 9.61. The number of hydrogen-bond acceptors (Lipinski definition) is 6. The Hall–Kier alpha value is -1.51. The lowest BCUT2D eigenvalue weighted by Crippen LogP contribution is -2.37. The zero-order valence-corrected chi connectivity index (χ0v) is 16.1. The zero-order valence-electron chi connectivity index (χ0n) is 15.2. The van der Waals surface area contributed by atoms with Crippen molar-refractivity contribution in [3.63, 3.8) is 0 Å². The van der Waals surface area contributed by atoms with Gasteiger partial charge >= 0.3 is 5.97 Å². The summed E-state index contributed by atoms with van der Waals surface area (Å²) in [4.78, 5) is 32.8. The van der Waals surface area contributed by atoms with Crippen molar-refractivity contribution in [2.24, 2.45) is 0 Å². The number of rotatable bonds is 7. The summed E-state index contributed by atoms with van der Waals surface area (Å²) >= 11 is 1.52. The quantitative estimate of drug-likeness (QED) is 0.764. The lowest BCUT2D eigenvalue weighted by atomic mass is 10.1. The summed E-state index contributed by atoms with van der Waals surface area (Å²) < 4.78 is 0. The van der Waals surface area contributed by atoms with E-state index in [-0.39, 0.29) is 18.5 Å². The van der Waals surface area contributed by atoms with Crippen LogP contribution in [0.4, 0.5) is 5.13 Å². The summed E-state index contributed by atoms with van der Waals surface area (Å²) in [6.07, 6.45) is 3.69. The number of carbonyl (C=O) groups is 2. The van der Waals surface area contributed by atoms with Gasteiger partial charge in [-0.3, -0.25) is 19.4 Å². The normalized spacial score (nSPS) is 19.0. The maximum absolute atomic E-state index is 12.3. The number of carbonyl (C=O) groups excluding carboxylic acids is 1. The summed E-state index contributed by atoms with van der Waals surface area (Å²) in [6.45, 7) is 6.17. The molecule has 7 nitrogen and oxygen atoms in total. The number of nitrogens with one attached hydrogen (secondary N) is 1. The minimum Gasteiger partial charge on any atom is -0.480 e. The van der Waals surface area contributed by atoms with Crippen molar-refractivity contribution in [1.82, 2.24) is 14.8 Å². The van der Waals surface area contributed by atoms with Gasteiger partial charge in [0.2, 0.25) is 5.91 Å². The van der Waals surface area contributed by atoms with Crippen LogP contribution in [-0.2, 0) is 16.0 Å². The van der Waals surface area contributed by atoms with Crippen LogP contribution in [0.15, 0.2) is 0 Å². The van der Waals surface area contributed by atoms with Crippen molar-refractivity contribution in [3.8, 4) is 0 Å². The van der Waals surface area contributed by atoms with Gasteiger partial charge in [-0.05, 0) is 46.2 Å². The van der Waals surface area contributed by atoms with E-state index in [0.717, 1.165) is 49.3 Å². The molecule has 1 fully saturated rings. The van der Waals surface area contributed by atoms with E-state index in [9.17, 15) is 9.59 Å². The van der Waals surface area contributed by atoms with Gasteiger partial charge in [0.15, 0.2) is 5.13 Å². The molecule has 0 saturated carbocycles. The number of likely N-dealkylation sites (tertiary alicyclic amines) is 1. The van der Waals surface area contributed by atoms with E-state index in [4.69, 9.17) is 5.11 Å². The van der Waals surface area contributed by atoms with E-state index < -0.39 is 5.97 Å². The number of aliphatic carboxylic acids is 1. The highest BCUT2D eigenvalue weighted by Gasteiger charge is 2.23. The molecule has 0 radical (unpaired) electrons. The number of likely N-dealkylation sites (N-methyl/N-ethyl adjacent to an activating group) is 1. The number of nitrogens with zero attached hydrogens (tertiary/aromatic N) is 3. The van der Waals surface area contributed by atoms with Gasteiger partial charge in [0.25, 0.3) is 0 Å². The second-order valence-corrected chi connectivity index (χ2v) is 7.80. The average molecular weight is 369 g/mol. The molecule has 2 heterocycles. The molecule has 1 atom stereocenters. The summed E-state index contributed by atoms with van der Waals surface area (Å²) in [7, 11) is 1.86. The van der Waals surface area contributed by atoms with E-state index in [1.54, 1.807) is 0 Å². The topological polar surface area (TPSA) is 85.8 Å². The molecule has 1 amide bonds. The van der Waals surface area contributed by atoms with Crippen molar-refractivity contribution >= 4 is 28.3 Å². The second kappa shape index (κ2) is 9.26. The largest absolute Gasteiger partial charge is 0.480 e. The van der Waals surface area contributed by atoms with E-state index in [1.165, 1.54) is 11.3 Å². The fraction of sp³-hybridized carbons (Fsp3) is 0.706. The van der Waals surface area contributed by atoms with Gasteiger partial charge < -0.3 is 10.4 Å². The number of aromatic nitrogens is 1. The molecule has 0 aromatic carbocycles. The SMILES string of the molecule is CCc1nc(NC(=O)CN2CCCC(N(C)CC(=O)O)CC2)sc1C. The van der Waals surface area contributed by atoms with Gasteiger partial charge in [-0.1, -0.05) is 6.92 Å². The van der Waals surface area contributed by atoms with Gasteiger partial charge in [-0.25, -0.2) is 4.98 Å². The molecule has 140 valence electrons. The average Bonchev–Trinajstić information content (AvgIpc) is 2.73. The smallest absolute Gasteiger partial charge is 0.317 e. The van der Waals surface area contributed by atoms with Crippen LogP contribution in [0.3, 0.4) is 0 Å². The first kappa shape index (κ1) is 19.8. The molecule has 1 aromatic heterocycles. The Balaban J connectivity index is 1.82. The van der Waals surface area contributed by atoms with Crippen molar-refractivity contribution in [2.75, 3.05) is 38.5 Å². The van der Waals surface area contributed by atoms with E-state index in [2.05, 4.69) is 22.1 Å². The van der Waals surface area contributed by atoms with Crippen LogP contribution in [0.2, 0.25) is 0 Å². The van der Waals surface area contributed by atoms with Crippen LogP contribution in [0, 0.1) is 6.92 Å². The van der Waals surface area contributed by atoms with Crippen molar-refractivity contribution in [3.05, 3.63) is 10.6 Å². The Bertz CT molecular complexity index is 605. The Labute approximate surface area is 153 Å². The van der Waals surface area contributed by atoms with Crippen LogP contribution >= 0.6 is 11.3 Å². The highest BCUT2D eigenvalue weighted by molar-refractivity contribution is 7.15. The Morgan fingerprint density at radius 2 is 2.16 bits per heavy atom. The fourth-order valence-corrected chi connectivity index (χ4v) is 4.17. The maximum atomic E-state index is 12.3. The Kier molecular flexibility index (Phi) is 7.34. The monoisotopic (exact) mass is 368 g/mol. The van der Waals surface area contributed by atoms with Crippen LogP contribution in [-0.4, -0.2) is 71.0 Å². The third kappa shape index (κ3) is 6.05. The maximum Gasteiger partial charge on any atom is 0.317 e. The molecule has 0 spiro atoms. The predicted molar refractivity (Wildman–Crippen MR) is 99.2 cm³/mol. The third-order valence-electron chi connectivity index (χ3n) is 4.64. The lowest BCUT2D eigenvalue weighted by Gasteiger charge is -2.25. The Morgan fingerprint density at radius 3 is 2.80 bits per heavy atom. The van der Waals surface area contributed by atoms with Gasteiger partial charge in [-0.2, -0.15) is 0 Å². The minimum absolute atomic E-state index is 0.0336. The molecule has 25 heavy (non-hydrogen) atoms. The number of anilines is 1. The van der Waals surface area contributed by atoms with Crippen LogP contribution in [0.1, 0.15) is 36.8 Å². The first-order valence-electron chi connectivity index (χ1n) is 8.79. The molecular formula is C17H28N4O3S. The molecule has 1 aromatic rings. The number of hydrogen-bond donors (Lipinski definition) is 2. The molecule has 2 N–H and O–H groups in total. The number of thiazole rings is 1. The molecule has 1 aliphatic heterocycles. The summed E-state index contributed by atoms with van der Waals surface area (Å²) in [6, 6.07) is 0.262. The van der Waals surface area contributed by atoms with E-state index in [0.29, 0.717) is 11.7 Å². The molecule has 0 bridgehead atoms. The highest BCUT2D eigenvalue weighted by Crippen LogP contribution is 2.22. The van der Waals surface area contributed by atoms with Crippen molar-refractivity contribution in [1.29, 1.82) is 0 Å². The van der Waals surface area contributed by atoms with Crippen LogP contribution < -0.4 is 5.32 Å². The van der Waals surface area contributed by atoms with Crippen molar-refractivity contribution < 1.29 is 14.7 Å². The first-order chi connectivity index (χ1) is 11.9. The molecule has 2 rings (SSSR count). The number of carboxylic acids is 1. The number of carboxylic acid groups (broad SMARTS) is 1. The van der Waals surface area contributed by atoms with Crippen molar-refractivity contribution in [2.45, 2.75) is 45.6 Å². The fourth-order valence-electron chi connectivity index (χ4n) is 3.25. The summed E-state index contributed by atoms with van der Waals surface area (Å²) in [5, 5.41) is 12.5. The number of aryl methyl sites for hydroxylation is 2. The minimum atomic E-state index is -0.798. The van der Waals surface area contributed by atoms with Gasteiger partial charge in [-0.15, -0.1) is 11.3 Å². The molecule has 1 aliphatic rings. The third-order valence-corrected chi connectivity index (χ3v) is 5.57. The molecule has 8 heteroatoms. The second-order valence-electron chi connectivity index (χ2n) is 6.59. The highest BCUT2D eigenvalue weighted by atomic mass is 32.1. The lowest BCUT2D eigenvalue weighted by molar-refractivity contribution is -0.138.